The second-order valence-electron chi connectivity index (χ2n) is 6.43. The summed E-state index contributed by atoms with van der Waals surface area (Å²) in [5, 5.41) is 4.66. The highest BCUT2D eigenvalue weighted by molar-refractivity contribution is 6.67. The first-order valence-corrected chi connectivity index (χ1v) is 9.28. The molecule has 2 aromatic carbocycles. The van der Waals surface area contributed by atoms with Gasteiger partial charge in [0.2, 0.25) is 0 Å². The van der Waals surface area contributed by atoms with E-state index < -0.39 is 5.24 Å². The number of aryl methyl sites for hydroxylation is 2. The number of halogens is 2. The molecule has 0 aliphatic carbocycles. The van der Waals surface area contributed by atoms with E-state index in [0.29, 0.717) is 5.02 Å². The number of aromatic nitrogens is 2. The van der Waals surface area contributed by atoms with E-state index in [4.69, 9.17) is 23.2 Å². The molecule has 0 N–H and O–H groups in total. The number of nitrogens with zero attached hydrogens (tertiary/aromatic N) is 2. The van der Waals surface area contributed by atoms with E-state index in [0.717, 1.165) is 28.8 Å². The molecule has 0 spiro atoms. The molecule has 1 atom stereocenters. The summed E-state index contributed by atoms with van der Waals surface area (Å²) in [5.74, 6) is 0. The Hall–Kier alpha value is -2.10. The molecule has 0 saturated carbocycles. The fourth-order valence-electron chi connectivity index (χ4n) is 3.09. The summed E-state index contributed by atoms with van der Waals surface area (Å²) in [5.41, 5.74) is 5.37. The van der Waals surface area contributed by atoms with Crippen LogP contribution in [0.25, 0.3) is 11.3 Å². The first kappa shape index (κ1) is 18.7. The van der Waals surface area contributed by atoms with Crippen LogP contribution in [0.2, 0.25) is 5.02 Å². The lowest BCUT2D eigenvalue weighted by atomic mass is 10.0. The Balaban J connectivity index is 2.16. The van der Waals surface area contributed by atoms with E-state index >= 15 is 0 Å². The summed E-state index contributed by atoms with van der Waals surface area (Å²) in [7, 11) is 0. The fourth-order valence-corrected chi connectivity index (χ4v) is 3.30. The molecule has 0 amide bonds. The van der Waals surface area contributed by atoms with Gasteiger partial charge in [-0.05, 0) is 61.2 Å². The van der Waals surface area contributed by atoms with Crippen LogP contribution in [0.4, 0.5) is 0 Å². The largest absolute Gasteiger partial charge is 0.274 e. The van der Waals surface area contributed by atoms with E-state index in [2.05, 4.69) is 43.2 Å². The summed E-state index contributed by atoms with van der Waals surface area (Å²) in [6.07, 6.45) is 0.834. The monoisotopic (exact) mass is 386 g/mol. The Bertz CT molecular complexity index is 945. The van der Waals surface area contributed by atoms with Gasteiger partial charge in [-0.3, -0.25) is 9.48 Å². The van der Waals surface area contributed by atoms with E-state index in [1.54, 1.807) is 6.07 Å². The van der Waals surface area contributed by atoms with Crippen LogP contribution in [0.1, 0.15) is 46.6 Å². The smallest absolute Gasteiger partial charge is 0.272 e. The number of hydrogen-bond acceptors (Lipinski definition) is 2. The lowest BCUT2D eigenvalue weighted by Gasteiger charge is -2.20. The van der Waals surface area contributed by atoms with Crippen molar-refractivity contribution in [2.24, 2.45) is 0 Å². The van der Waals surface area contributed by atoms with Crippen molar-refractivity contribution in [3.05, 3.63) is 75.9 Å². The van der Waals surface area contributed by atoms with Crippen LogP contribution in [0.3, 0.4) is 0 Å². The van der Waals surface area contributed by atoms with Crippen LogP contribution >= 0.6 is 23.2 Å². The zero-order valence-corrected chi connectivity index (χ0v) is 16.5. The number of hydrogen-bond donors (Lipinski definition) is 0. The van der Waals surface area contributed by atoms with Crippen molar-refractivity contribution in [1.82, 2.24) is 9.78 Å². The normalized spacial score (nSPS) is 12.2. The minimum Gasteiger partial charge on any atom is -0.274 e. The van der Waals surface area contributed by atoms with E-state index in [1.165, 1.54) is 5.56 Å². The predicted molar refractivity (Wildman–Crippen MR) is 107 cm³/mol. The molecule has 1 unspecified atom stereocenters. The second kappa shape index (κ2) is 7.65. The Morgan fingerprint density at radius 3 is 2.38 bits per heavy atom. The van der Waals surface area contributed by atoms with Gasteiger partial charge >= 0.3 is 0 Å². The highest BCUT2D eigenvalue weighted by Gasteiger charge is 2.21. The van der Waals surface area contributed by atoms with Crippen LogP contribution < -0.4 is 0 Å². The van der Waals surface area contributed by atoms with Gasteiger partial charge in [-0.25, -0.2) is 0 Å². The van der Waals surface area contributed by atoms with Crippen molar-refractivity contribution < 1.29 is 4.79 Å². The molecule has 26 heavy (non-hydrogen) atoms. The van der Waals surface area contributed by atoms with Crippen molar-refractivity contribution in [3.8, 4) is 11.3 Å². The number of benzene rings is 2. The lowest BCUT2D eigenvalue weighted by molar-refractivity contribution is 0.107. The highest BCUT2D eigenvalue weighted by atomic mass is 35.5. The second-order valence-corrected chi connectivity index (χ2v) is 7.18. The number of carbonyl (C=O) groups excluding carboxylic acids is 1. The molecule has 0 bridgehead atoms. The Morgan fingerprint density at radius 2 is 1.81 bits per heavy atom. The SMILES string of the molecule is CCC(c1ccc(C)cc1)n1nc(C(=O)Cl)cc1-c1ccc(Cl)c(C)c1. The molecule has 5 heteroatoms. The highest BCUT2D eigenvalue weighted by Crippen LogP contribution is 2.31. The molecule has 0 aliphatic rings. The Morgan fingerprint density at radius 1 is 1.12 bits per heavy atom. The molecule has 0 aliphatic heterocycles. The predicted octanol–water partition coefficient (Wildman–Crippen LogP) is 6.20. The van der Waals surface area contributed by atoms with Gasteiger partial charge in [-0.15, -0.1) is 0 Å². The summed E-state index contributed by atoms with van der Waals surface area (Å²) >= 11 is 11.9. The van der Waals surface area contributed by atoms with Crippen LogP contribution in [0, 0.1) is 13.8 Å². The van der Waals surface area contributed by atoms with Crippen molar-refractivity contribution in [2.45, 2.75) is 33.2 Å². The molecule has 0 saturated heterocycles. The Labute approximate surface area is 163 Å². The van der Waals surface area contributed by atoms with Crippen LogP contribution in [-0.4, -0.2) is 15.0 Å². The van der Waals surface area contributed by atoms with Crippen LogP contribution in [0.5, 0.6) is 0 Å². The summed E-state index contributed by atoms with van der Waals surface area (Å²) in [6.45, 7) is 6.12. The summed E-state index contributed by atoms with van der Waals surface area (Å²) in [6, 6.07) is 15.9. The molecule has 3 nitrogen and oxygen atoms in total. The van der Waals surface area contributed by atoms with Gasteiger partial charge in [-0.1, -0.05) is 54.4 Å². The quantitative estimate of drug-likeness (QED) is 0.489. The maximum Gasteiger partial charge on any atom is 0.272 e. The first-order valence-electron chi connectivity index (χ1n) is 8.53. The molecular formula is C21H20Cl2N2O. The van der Waals surface area contributed by atoms with Gasteiger partial charge in [-0.2, -0.15) is 5.10 Å². The fraction of sp³-hybridized carbons (Fsp3) is 0.238. The van der Waals surface area contributed by atoms with Gasteiger partial charge in [0.1, 0.15) is 5.69 Å². The standard InChI is InChI=1S/C21H20Cl2N2O/c1-4-19(15-7-5-13(2)6-8-15)25-20(12-18(24-25)21(23)26)16-9-10-17(22)14(3)11-16/h5-12,19H,4H2,1-3H3. The number of rotatable bonds is 5. The van der Waals surface area contributed by atoms with Crippen molar-refractivity contribution in [1.29, 1.82) is 0 Å². The van der Waals surface area contributed by atoms with Gasteiger partial charge in [0.05, 0.1) is 11.7 Å². The maximum atomic E-state index is 11.7. The van der Waals surface area contributed by atoms with E-state index in [1.807, 2.05) is 29.8 Å². The van der Waals surface area contributed by atoms with E-state index in [9.17, 15) is 4.79 Å². The average molecular weight is 387 g/mol. The molecule has 0 radical (unpaired) electrons. The van der Waals surface area contributed by atoms with Crippen LogP contribution in [0.15, 0.2) is 48.5 Å². The molecule has 0 fully saturated rings. The van der Waals surface area contributed by atoms with Crippen LogP contribution in [-0.2, 0) is 0 Å². The van der Waals surface area contributed by atoms with E-state index in [-0.39, 0.29) is 11.7 Å². The number of carbonyl (C=O) groups is 1. The first-order chi connectivity index (χ1) is 12.4. The Kier molecular flexibility index (Phi) is 5.49. The van der Waals surface area contributed by atoms with Gasteiger partial charge < -0.3 is 0 Å². The molecule has 1 aromatic heterocycles. The van der Waals surface area contributed by atoms with Crippen molar-refractivity contribution in [3.63, 3.8) is 0 Å². The third-order valence-corrected chi connectivity index (χ3v) is 5.15. The summed E-state index contributed by atoms with van der Waals surface area (Å²) in [4.78, 5) is 11.7. The third kappa shape index (κ3) is 3.69. The lowest BCUT2D eigenvalue weighted by Crippen LogP contribution is -2.13. The molecule has 134 valence electrons. The molecule has 3 rings (SSSR count). The maximum absolute atomic E-state index is 11.7. The molecule has 3 aromatic rings. The van der Waals surface area contributed by atoms with Gasteiger partial charge in [0, 0.05) is 10.6 Å². The topological polar surface area (TPSA) is 34.9 Å². The van der Waals surface area contributed by atoms with Crippen molar-refractivity contribution in [2.75, 3.05) is 0 Å². The minimum atomic E-state index is -0.561. The molecule has 1 heterocycles. The third-order valence-electron chi connectivity index (χ3n) is 4.53. The zero-order chi connectivity index (χ0) is 18.8. The average Bonchev–Trinajstić information content (AvgIpc) is 3.05. The van der Waals surface area contributed by atoms with Gasteiger partial charge in [0.15, 0.2) is 0 Å². The zero-order valence-electron chi connectivity index (χ0n) is 15.0. The van der Waals surface area contributed by atoms with Crippen molar-refractivity contribution >= 4 is 28.4 Å². The minimum absolute atomic E-state index is 0.00588. The summed E-state index contributed by atoms with van der Waals surface area (Å²) < 4.78 is 1.89. The van der Waals surface area contributed by atoms with Gasteiger partial charge in [0.25, 0.3) is 5.24 Å². The molecular weight excluding hydrogens is 367 g/mol.